The lowest BCUT2D eigenvalue weighted by Gasteiger charge is -2.05. The molecule has 0 radical (unpaired) electrons. The highest BCUT2D eigenvalue weighted by molar-refractivity contribution is 5.89. The summed E-state index contributed by atoms with van der Waals surface area (Å²) in [5.74, 6) is -1.61. The van der Waals surface area contributed by atoms with Gasteiger partial charge in [0.25, 0.3) is 0 Å². The van der Waals surface area contributed by atoms with Gasteiger partial charge in [-0.25, -0.2) is 9.18 Å². The number of aromatic hydroxyl groups is 1. The number of halogens is 1. The minimum absolute atomic E-state index is 0.00774. The van der Waals surface area contributed by atoms with E-state index in [2.05, 4.69) is 0 Å². The van der Waals surface area contributed by atoms with Crippen LogP contribution in [0.2, 0.25) is 0 Å². The molecule has 0 aliphatic carbocycles. The Bertz CT molecular complexity index is 561. The molecule has 0 atom stereocenters. The van der Waals surface area contributed by atoms with E-state index in [0.717, 1.165) is 0 Å². The predicted octanol–water partition coefficient (Wildman–Crippen LogP) is 2.90. The maximum Gasteiger partial charge on any atom is 0.335 e. The van der Waals surface area contributed by atoms with E-state index in [-0.39, 0.29) is 17.1 Å². The number of rotatable bonds is 2. The number of phenols is 1. The van der Waals surface area contributed by atoms with Crippen LogP contribution in [-0.2, 0) is 0 Å². The summed E-state index contributed by atoms with van der Waals surface area (Å²) >= 11 is 0. The summed E-state index contributed by atoms with van der Waals surface area (Å²) in [6, 6.07) is 9.64. The van der Waals surface area contributed by atoms with E-state index < -0.39 is 5.97 Å². The second-order valence-electron chi connectivity index (χ2n) is 3.54. The van der Waals surface area contributed by atoms with Crippen LogP contribution in [0, 0.1) is 5.82 Å². The lowest BCUT2D eigenvalue weighted by molar-refractivity contribution is 0.0696. The van der Waals surface area contributed by atoms with Crippen molar-refractivity contribution in [3.05, 3.63) is 53.8 Å². The van der Waals surface area contributed by atoms with Gasteiger partial charge in [-0.1, -0.05) is 12.1 Å². The number of benzene rings is 2. The van der Waals surface area contributed by atoms with Crippen molar-refractivity contribution in [1.82, 2.24) is 0 Å². The number of carbonyl (C=O) groups is 1. The molecule has 0 fully saturated rings. The second kappa shape index (κ2) is 4.25. The highest BCUT2D eigenvalue weighted by atomic mass is 19.1. The predicted molar refractivity (Wildman–Crippen MR) is 60.5 cm³/mol. The van der Waals surface area contributed by atoms with Gasteiger partial charge in [0.1, 0.15) is 11.6 Å². The smallest absolute Gasteiger partial charge is 0.335 e. The number of hydrogen-bond acceptors (Lipinski definition) is 2. The van der Waals surface area contributed by atoms with Crippen molar-refractivity contribution in [2.75, 3.05) is 0 Å². The Morgan fingerprint density at radius 3 is 2.24 bits per heavy atom. The maximum atomic E-state index is 12.7. The minimum atomic E-state index is -1.11. The van der Waals surface area contributed by atoms with Crippen molar-refractivity contribution in [3.63, 3.8) is 0 Å². The molecule has 0 aliphatic heterocycles. The Kier molecular flexibility index (Phi) is 2.78. The number of carboxylic acid groups (broad SMARTS) is 1. The van der Waals surface area contributed by atoms with E-state index >= 15 is 0 Å². The molecule has 0 amide bonds. The summed E-state index contributed by atoms with van der Waals surface area (Å²) in [6.45, 7) is 0. The molecule has 0 unspecified atom stereocenters. The van der Waals surface area contributed by atoms with Crippen LogP contribution in [0.25, 0.3) is 11.1 Å². The zero-order valence-corrected chi connectivity index (χ0v) is 8.72. The number of aromatic carboxylic acids is 1. The van der Waals surface area contributed by atoms with Gasteiger partial charge in [-0.3, -0.25) is 0 Å². The molecule has 0 aromatic heterocycles. The quantitative estimate of drug-likeness (QED) is 0.836. The van der Waals surface area contributed by atoms with Crippen LogP contribution in [0.3, 0.4) is 0 Å². The molecule has 2 rings (SSSR count). The van der Waals surface area contributed by atoms with E-state index in [9.17, 15) is 14.3 Å². The normalized spacial score (nSPS) is 10.2. The zero-order valence-electron chi connectivity index (χ0n) is 8.72. The highest BCUT2D eigenvalue weighted by Gasteiger charge is 2.09. The van der Waals surface area contributed by atoms with E-state index in [0.29, 0.717) is 11.1 Å². The Hall–Kier alpha value is -2.36. The first-order chi connectivity index (χ1) is 8.08. The topological polar surface area (TPSA) is 57.5 Å². The Labute approximate surface area is 96.8 Å². The fourth-order valence-corrected chi connectivity index (χ4v) is 1.54. The van der Waals surface area contributed by atoms with Crippen LogP contribution in [-0.4, -0.2) is 16.2 Å². The Morgan fingerprint density at radius 2 is 1.71 bits per heavy atom. The third-order valence-electron chi connectivity index (χ3n) is 2.40. The van der Waals surface area contributed by atoms with Crippen LogP contribution < -0.4 is 0 Å². The lowest BCUT2D eigenvalue weighted by Crippen LogP contribution is -1.95. The molecule has 3 nitrogen and oxygen atoms in total. The summed E-state index contributed by atoms with van der Waals surface area (Å²) in [5.41, 5.74) is 1.10. The van der Waals surface area contributed by atoms with Crippen molar-refractivity contribution >= 4 is 5.97 Å². The van der Waals surface area contributed by atoms with Gasteiger partial charge in [-0.2, -0.15) is 0 Å². The van der Waals surface area contributed by atoms with Gasteiger partial charge in [0, 0.05) is 5.56 Å². The van der Waals surface area contributed by atoms with Gasteiger partial charge in [0.05, 0.1) is 5.56 Å². The summed E-state index contributed by atoms with van der Waals surface area (Å²) in [6.07, 6.45) is 0. The van der Waals surface area contributed by atoms with Gasteiger partial charge in [0.15, 0.2) is 0 Å². The fraction of sp³-hybridized carbons (Fsp3) is 0. The first-order valence-corrected chi connectivity index (χ1v) is 4.90. The molecule has 17 heavy (non-hydrogen) atoms. The van der Waals surface area contributed by atoms with Gasteiger partial charge in [-0.15, -0.1) is 0 Å². The van der Waals surface area contributed by atoms with Gasteiger partial charge in [0.2, 0.25) is 0 Å². The average Bonchev–Trinajstić information content (AvgIpc) is 2.30. The van der Waals surface area contributed by atoms with E-state index in [1.165, 1.54) is 42.5 Å². The van der Waals surface area contributed by atoms with Crippen molar-refractivity contribution in [3.8, 4) is 16.9 Å². The fourth-order valence-electron chi connectivity index (χ4n) is 1.54. The van der Waals surface area contributed by atoms with Crippen LogP contribution in [0.4, 0.5) is 4.39 Å². The molecule has 0 heterocycles. The van der Waals surface area contributed by atoms with Crippen molar-refractivity contribution in [2.45, 2.75) is 0 Å². The monoisotopic (exact) mass is 232 g/mol. The SMILES string of the molecule is O=C(O)c1ccc(-c2ccc(F)cc2)c(O)c1. The Balaban J connectivity index is 2.46. The Morgan fingerprint density at radius 1 is 1.06 bits per heavy atom. The van der Waals surface area contributed by atoms with Crippen molar-refractivity contribution in [1.29, 1.82) is 0 Å². The minimum Gasteiger partial charge on any atom is -0.507 e. The van der Waals surface area contributed by atoms with E-state index in [4.69, 9.17) is 5.11 Å². The molecule has 2 N–H and O–H groups in total. The third kappa shape index (κ3) is 2.25. The zero-order chi connectivity index (χ0) is 12.4. The molecule has 2 aromatic carbocycles. The van der Waals surface area contributed by atoms with Gasteiger partial charge >= 0.3 is 5.97 Å². The van der Waals surface area contributed by atoms with E-state index in [1.54, 1.807) is 0 Å². The maximum absolute atomic E-state index is 12.7. The number of phenolic OH excluding ortho intramolecular Hbond substituents is 1. The van der Waals surface area contributed by atoms with Crippen molar-refractivity contribution in [2.24, 2.45) is 0 Å². The van der Waals surface area contributed by atoms with Crippen molar-refractivity contribution < 1.29 is 19.4 Å². The second-order valence-corrected chi connectivity index (χ2v) is 3.54. The molecule has 0 saturated heterocycles. The molecule has 0 bridgehead atoms. The van der Waals surface area contributed by atoms with Crippen LogP contribution in [0.5, 0.6) is 5.75 Å². The largest absolute Gasteiger partial charge is 0.507 e. The van der Waals surface area contributed by atoms with Gasteiger partial charge in [-0.05, 0) is 35.9 Å². The van der Waals surface area contributed by atoms with E-state index in [1.807, 2.05) is 0 Å². The standard InChI is InChI=1S/C13H9FO3/c14-10-4-1-8(2-5-10)11-6-3-9(13(16)17)7-12(11)15/h1-7,15H,(H,16,17). The molecular formula is C13H9FO3. The molecule has 0 aliphatic rings. The van der Waals surface area contributed by atoms with Crippen LogP contribution in [0.1, 0.15) is 10.4 Å². The summed E-state index contributed by atoms with van der Waals surface area (Å²) in [5, 5.41) is 18.5. The molecule has 0 spiro atoms. The molecule has 4 heteroatoms. The summed E-state index contributed by atoms with van der Waals surface area (Å²) < 4.78 is 12.7. The van der Waals surface area contributed by atoms with Gasteiger partial charge < -0.3 is 10.2 Å². The lowest BCUT2D eigenvalue weighted by atomic mass is 10.0. The molecular weight excluding hydrogens is 223 g/mol. The molecule has 86 valence electrons. The molecule has 0 saturated carbocycles. The highest BCUT2D eigenvalue weighted by Crippen LogP contribution is 2.29. The average molecular weight is 232 g/mol. The molecule has 2 aromatic rings. The third-order valence-corrected chi connectivity index (χ3v) is 2.40. The number of carboxylic acids is 1. The first kappa shape index (κ1) is 11.1. The summed E-state index contributed by atoms with van der Waals surface area (Å²) in [4.78, 5) is 10.7. The number of hydrogen-bond donors (Lipinski definition) is 2. The first-order valence-electron chi connectivity index (χ1n) is 4.90. The van der Waals surface area contributed by atoms with Crippen LogP contribution >= 0.6 is 0 Å². The summed E-state index contributed by atoms with van der Waals surface area (Å²) in [7, 11) is 0. The van der Waals surface area contributed by atoms with Crippen LogP contribution in [0.15, 0.2) is 42.5 Å².